The van der Waals surface area contributed by atoms with Crippen LogP contribution in [0.1, 0.15) is 56.7 Å². The number of aryl methyl sites for hydroxylation is 1. The highest BCUT2D eigenvalue weighted by Gasteiger charge is 2.26. The molecule has 1 amide bonds. The van der Waals surface area contributed by atoms with Crippen LogP contribution >= 0.6 is 11.3 Å². The van der Waals surface area contributed by atoms with Crippen LogP contribution in [0.15, 0.2) is 24.3 Å². The molecule has 2 aromatic rings. The third-order valence-corrected chi connectivity index (χ3v) is 6.46. The Labute approximate surface area is 166 Å². The number of nitrogens with zero attached hydrogens (tertiary/aromatic N) is 1. The summed E-state index contributed by atoms with van der Waals surface area (Å²) >= 11 is 1.55. The van der Waals surface area contributed by atoms with Gasteiger partial charge < -0.3 is 10.1 Å². The molecule has 1 heterocycles. The minimum Gasteiger partial charge on any atom is -0.497 e. The zero-order chi connectivity index (χ0) is 19.2. The number of unbranched alkanes of at least 4 members (excludes halogenated alkanes) is 1. The molecule has 1 aliphatic rings. The van der Waals surface area contributed by atoms with Gasteiger partial charge in [0.1, 0.15) is 5.75 Å². The molecule has 0 spiro atoms. The van der Waals surface area contributed by atoms with Gasteiger partial charge in [0, 0.05) is 16.4 Å². The van der Waals surface area contributed by atoms with Crippen molar-refractivity contribution in [1.29, 1.82) is 0 Å². The molecule has 4 nitrogen and oxygen atoms in total. The number of anilines is 1. The fraction of sp³-hybridized carbons (Fsp3) is 0.545. The normalized spacial score (nSPS) is 19.7. The van der Waals surface area contributed by atoms with E-state index < -0.39 is 0 Å². The molecule has 0 unspecified atom stereocenters. The van der Waals surface area contributed by atoms with Crippen molar-refractivity contribution in [3.8, 4) is 17.0 Å². The number of ether oxygens (including phenoxy) is 1. The number of amides is 1. The smallest absolute Gasteiger partial charge is 0.229 e. The zero-order valence-electron chi connectivity index (χ0n) is 16.6. The second kappa shape index (κ2) is 9.36. The Morgan fingerprint density at radius 1 is 1.22 bits per heavy atom. The van der Waals surface area contributed by atoms with Crippen molar-refractivity contribution in [2.45, 2.75) is 58.8 Å². The fourth-order valence-corrected chi connectivity index (χ4v) is 4.72. The standard InChI is InChI=1S/C22H30N2O2S/c1-4-5-6-16-7-9-18(10-8-16)21(25)24-22-23-20(15(2)27-22)17-11-13-19(26-3)14-12-17/h11-14,16,18H,4-10H2,1-3H3,(H,23,24,25). The lowest BCUT2D eigenvalue weighted by atomic mass is 9.79. The summed E-state index contributed by atoms with van der Waals surface area (Å²) in [5.41, 5.74) is 1.97. The summed E-state index contributed by atoms with van der Waals surface area (Å²) in [6.07, 6.45) is 8.29. The molecule has 1 aliphatic carbocycles. The minimum atomic E-state index is 0.136. The van der Waals surface area contributed by atoms with Crippen molar-refractivity contribution < 1.29 is 9.53 Å². The van der Waals surface area contributed by atoms with Crippen LogP contribution < -0.4 is 10.1 Å². The van der Waals surface area contributed by atoms with Crippen LogP contribution in [0.2, 0.25) is 0 Å². The highest BCUT2D eigenvalue weighted by Crippen LogP contribution is 2.34. The summed E-state index contributed by atoms with van der Waals surface area (Å²) in [6, 6.07) is 7.88. The largest absolute Gasteiger partial charge is 0.497 e. The van der Waals surface area contributed by atoms with Crippen LogP contribution in [0.25, 0.3) is 11.3 Å². The van der Waals surface area contributed by atoms with Crippen LogP contribution in [-0.2, 0) is 4.79 Å². The Morgan fingerprint density at radius 3 is 2.56 bits per heavy atom. The average Bonchev–Trinajstić information content (AvgIpc) is 3.06. The summed E-state index contributed by atoms with van der Waals surface area (Å²) in [7, 11) is 1.66. The zero-order valence-corrected chi connectivity index (χ0v) is 17.4. The van der Waals surface area contributed by atoms with Crippen molar-refractivity contribution >= 4 is 22.4 Å². The van der Waals surface area contributed by atoms with Gasteiger partial charge in [0.25, 0.3) is 0 Å². The SMILES string of the molecule is CCCCC1CCC(C(=O)Nc2nc(-c3ccc(OC)cc3)c(C)s2)CC1. The number of benzene rings is 1. The molecule has 0 atom stereocenters. The molecule has 0 bridgehead atoms. The lowest BCUT2D eigenvalue weighted by Gasteiger charge is -2.27. The number of methoxy groups -OCH3 is 1. The van der Waals surface area contributed by atoms with Gasteiger partial charge in [0.15, 0.2) is 5.13 Å². The highest BCUT2D eigenvalue weighted by molar-refractivity contribution is 7.16. The maximum absolute atomic E-state index is 12.7. The van der Waals surface area contributed by atoms with E-state index in [1.165, 1.54) is 32.1 Å². The van der Waals surface area contributed by atoms with E-state index in [0.29, 0.717) is 5.13 Å². The summed E-state index contributed by atoms with van der Waals surface area (Å²) in [5.74, 6) is 1.92. The first-order valence-corrected chi connectivity index (χ1v) is 10.8. The molecule has 0 saturated heterocycles. The lowest BCUT2D eigenvalue weighted by Crippen LogP contribution is -2.27. The van der Waals surface area contributed by atoms with Crippen LogP contribution in [0.3, 0.4) is 0 Å². The maximum Gasteiger partial charge on any atom is 0.229 e. The number of carbonyl (C=O) groups is 1. The van der Waals surface area contributed by atoms with E-state index in [1.54, 1.807) is 18.4 Å². The average molecular weight is 387 g/mol. The number of rotatable bonds is 7. The molecule has 1 aromatic carbocycles. The van der Waals surface area contributed by atoms with Crippen molar-refractivity contribution in [3.63, 3.8) is 0 Å². The van der Waals surface area contributed by atoms with Crippen molar-refractivity contribution in [2.24, 2.45) is 11.8 Å². The molecule has 1 fully saturated rings. The Balaban J connectivity index is 1.59. The van der Waals surface area contributed by atoms with Crippen molar-refractivity contribution in [1.82, 2.24) is 4.98 Å². The van der Waals surface area contributed by atoms with Crippen LogP contribution in [0.4, 0.5) is 5.13 Å². The summed E-state index contributed by atoms with van der Waals surface area (Å²) < 4.78 is 5.21. The van der Waals surface area contributed by atoms with Gasteiger partial charge in [-0.05, 0) is 62.8 Å². The topological polar surface area (TPSA) is 51.2 Å². The molecule has 146 valence electrons. The first-order valence-electron chi connectivity index (χ1n) is 10.0. The van der Waals surface area contributed by atoms with E-state index in [1.807, 2.05) is 31.2 Å². The van der Waals surface area contributed by atoms with Gasteiger partial charge >= 0.3 is 0 Å². The van der Waals surface area contributed by atoms with Gasteiger partial charge in [0.05, 0.1) is 12.8 Å². The molecule has 1 N–H and O–H groups in total. The number of carbonyl (C=O) groups excluding carboxylic acids is 1. The Bertz CT molecular complexity index is 746. The number of hydrogen-bond acceptors (Lipinski definition) is 4. The molecular formula is C22H30N2O2S. The van der Waals surface area contributed by atoms with E-state index in [2.05, 4.69) is 17.2 Å². The van der Waals surface area contributed by atoms with Gasteiger partial charge in [0.2, 0.25) is 5.91 Å². The monoisotopic (exact) mass is 386 g/mol. The Morgan fingerprint density at radius 2 is 1.93 bits per heavy atom. The predicted octanol–water partition coefficient (Wildman–Crippen LogP) is 6.06. The summed E-state index contributed by atoms with van der Waals surface area (Å²) in [6.45, 7) is 4.29. The van der Waals surface area contributed by atoms with Gasteiger partial charge in [-0.2, -0.15) is 0 Å². The first-order chi connectivity index (χ1) is 13.1. The predicted molar refractivity (Wildman–Crippen MR) is 112 cm³/mol. The molecule has 0 aliphatic heterocycles. The van der Waals surface area contributed by atoms with Crippen molar-refractivity contribution in [2.75, 3.05) is 12.4 Å². The second-order valence-electron chi connectivity index (χ2n) is 7.50. The van der Waals surface area contributed by atoms with Gasteiger partial charge in [-0.3, -0.25) is 4.79 Å². The van der Waals surface area contributed by atoms with Crippen LogP contribution in [0.5, 0.6) is 5.75 Å². The number of hydrogen-bond donors (Lipinski definition) is 1. The summed E-state index contributed by atoms with van der Waals surface area (Å²) in [5, 5.41) is 3.77. The molecule has 27 heavy (non-hydrogen) atoms. The van der Waals surface area contributed by atoms with Gasteiger partial charge in [-0.1, -0.05) is 26.2 Å². The van der Waals surface area contributed by atoms with Crippen LogP contribution in [0, 0.1) is 18.8 Å². The molecule has 1 aromatic heterocycles. The van der Waals surface area contributed by atoms with E-state index in [0.717, 1.165) is 40.6 Å². The third-order valence-electron chi connectivity index (χ3n) is 5.57. The van der Waals surface area contributed by atoms with Crippen molar-refractivity contribution in [3.05, 3.63) is 29.1 Å². The fourth-order valence-electron chi connectivity index (χ4n) is 3.88. The molecule has 1 saturated carbocycles. The minimum absolute atomic E-state index is 0.136. The number of aromatic nitrogens is 1. The Hall–Kier alpha value is -1.88. The molecule has 0 radical (unpaired) electrons. The maximum atomic E-state index is 12.7. The van der Waals surface area contributed by atoms with Gasteiger partial charge in [-0.15, -0.1) is 11.3 Å². The summed E-state index contributed by atoms with van der Waals surface area (Å²) in [4.78, 5) is 18.4. The highest BCUT2D eigenvalue weighted by atomic mass is 32.1. The molecule has 3 rings (SSSR count). The second-order valence-corrected chi connectivity index (χ2v) is 8.70. The molecule has 5 heteroatoms. The van der Waals surface area contributed by atoms with E-state index in [4.69, 9.17) is 4.74 Å². The third kappa shape index (κ3) is 5.10. The van der Waals surface area contributed by atoms with E-state index in [-0.39, 0.29) is 11.8 Å². The Kier molecular flexibility index (Phi) is 6.89. The lowest BCUT2D eigenvalue weighted by molar-refractivity contribution is -0.121. The van der Waals surface area contributed by atoms with E-state index >= 15 is 0 Å². The van der Waals surface area contributed by atoms with Crippen LogP contribution in [-0.4, -0.2) is 18.0 Å². The van der Waals surface area contributed by atoms with E-state index in [9.17, 15) is 4.79 Å². The van der Waals surface area contributed by atoms with Gasteiger partial charge in [-0.25, -0.2) is 4.98 Å². The quantitative estimate of drug-likeness (QED) is 0.629. The molecular weight excluding hydrogens is 356 g/mol. The first kappa shape index (κ1) is 19.9. The number of thiazole rings is 1. The number of nitrogens with one attached hydrogen (secondary N) is 1.